The minimum absolute atomic E-state index is 0.167. The van der Waals surface area contributed by atoms with Crippen molar-refractivity contribution in [3.8, 4) is 0 Å². The first-order chi connectivity index (χ1) is 10.1. The highest BCUT2D eigenvalue weighted by Gasteiger charge is 2.40. The number of benzene rings is 1. The Kier molecular flexibility index (Phi) is 3.64. The van der Waals surface area contributed by atoms with E-state index in [1.165, 1.54) is 12.5 Å². The van der Waals surface area contributed by atoms with Crippen LogP contribution in [0.2, 0.25) is 0 Å². The number of nitrogens with two attached hydrogens (primary N) is 1. The van der Waals surface area contributed by atoms with Crippen molar-refractivity contribution in [3.63, 3.8) is 0 Å². The number of anilines is 1. The topological polar surface area (TPSA) is 72.2 Å². The quantitative estimate of drug-likeness (QED) is 0.893. The second-order valence-electron chi connectivity index (χ2n) is 6.18. The van der Waals surface area contributed by atoms with Crippen LogP contribution in [0.1, 0.15) is 31.2 Å². The van der Waals surface area contributed by atoms with Gasteiger partial charge >= 0.3 is 6.18 Å². The molecule has 2 bridgehead atoms. The first-order valence-electron chi connectivity index (χ1n) is 7.15. The molecule has 3 N–H and O–H groups in total. The molecule has 2 saturated carbocycles. The predicted molar refractivity (Wildman–Crippen MR) is 75.7 cm³/mol. The number of primary sulfonamides is 1. The molecule has 0 heterocycles. The summed E-state index contributed by atoms with van der Waals surface area (Å²) in [6.45, 7) is 0. The number of alkyl halides is 3. The van der Waals surface area contributed by atoms with E-state index in [-0.39, 0.29) is 11.7 Å². The van der Waals surface area contributed by atoms with Gasteiger partial charge in [-0.2, -0.15) is 13.2 Å². The summed E-state index contributed by atoms with van der Waals surface area (Å²) < 4.78 is 61.9. The molecule has 0 radical (unpaired) electrons. The van der Waals surface area contributed by atoms with E-state index < -0.39 is 26.7 Å². The number of fused-ring (bicyclic) bond motifs is 2. The molecule has 2 fully saturated rings. The van der Waals surface area contributed by atoms with Crippen LogP contribution in [0.5, 0.6) is 0 Å². The summed E-state index contributed by atoms with van der Waals surface area (Å²) in [5.41, 5.74) is -0.930. The van der Waals surface area contributed by atoms with Gasteiger partial charge in [-0.05, 0) is 49.3 Å². The molecule has 0 aromatic heterocycles. The van der Waals surface area contributed by atoms with E-state index in [1.807, 2.05) is 0 Å². The van der Waals surface area contributed by atoms with Crippen LogP contribution in [0.25, 0.3) is 0 Å². The van der Waals surface area contributed by atoms with Gasteiger partial charge in [0, 0.05) is 11.7 Å². The number of hydrogen-bond acceptors (Lipinski definition) is 3. The highest BCUT2D eigenvalue weighted by molar-refractivity contribution is 7.89. The molecule has 3 unspecified atom stereocenters. The van der Waals surface area contributed by atoms with Gasteiger partial charge in [0.1, 0.15) is 0 Å². The van der Waals surface area contributed by atoms with Gasteiger partial charge in [-0.15, -0.1) is 0 Å². The lowest BCUT2D eigenvalue weighted by atomic mass is 9.95. The fourth-order valence-electron chi connectivity index (χ4n) is 3.72. The number of rotatable bonds is 3. The highest BCUT2D eigenvalue weighted by atomic mass is 32.2. The molecule has 1 aromatic rings. The molecule has 2 aliphatic carbocycles. The van der Waals surface area contributed by atoms with Crippen LogP contribution < -0.4 is 10.5 Å². The van der Waals surface area contributed by atoms with E-state index >= 15 is 0 Å². The lowest BCUT2D eigenvalue weighted by Crippen LogP contribution is -2.26. The van der Waals surface area contributed by atoms with Crippen LogP contribution in [0.4, 0.5) is 18.9 Å². The molecule has 0 saturated heterocycles. The van der Waals surface area contributed by atoms with E-state index in [0.717, 1.165) is 31.4 Å². The molecular formula is C14H17F3N2O2S. The molecule has 22 heavy (non-hydrogen) atoms. The van der Waals surface area contributed by atoms with Crippen LogP contribution in [0, 0.1) is 11.8 Å². The van der Waals surface area contributed by atoms with E-state index in [4.69, 9.17) is 5.14 Å². The zero-order valence-electron chi connectivity index (χ0n) is 11.7. The normalized spacial score (nSPS) is 28.1. The molecule has 1 aromatic carbocycles. The molecule has 0 amide bonds. The first kappa shape index (κ1) is 15.6. The average molecular weight is 334 g/mol. The molecule has 4 nitrogen and oxygen atoms in total. The van der Waals surface area contributed by atoms with E-state index in [9.17, 15) is 21.6 Å². The van der Waals surface area contributed by atoms with Crippen molar-refractivity contribution in [1.29, 1.82) is 0 Å². The monoisotopic (exact) mass is 334 g/mol. The van der Waals surface area contributed by atoms with Crippen molar-refractivity contribution in [2.24, 2.45) is 17.0 Å². The molecular weight excluding hydrogens is 317 g/mol. The van der Waals surface area contributed by atoms with Crippen molar-refractivity contribution in [2.45, 2.75) is 42.8 Å². The predicted octanol–water partition coefficient (Wildman–Crippen LogP) is 2.95. The minimum atomic E-state index is -4.77. The van der Waals surface area contributed by atoms with Gasteiger partial charge in [0.25, 0.3) is 0 Å². The van der Waals surface area contributed by atoms with Gasteiger partial charge in [-0.3, -0.25) is 0 Å². The van der Waals surface area contributed by atoms with Gasteiger partial charge in [-0.25, -0.2) is 13.6 Å². The standard InChI is InChI=1S/C14H17F3N2O2S/c15-14(16,17)11-7-10(3-4-13(11)22(18,20)21)19-12-6-8-1-2-9(12)5-8/h3-4,7-9,12,19H,1-2,5-6H2,(H2,18,20,21). The van der Waals surface area contributed by atoms with Crippen LogP contribution in [-0.4, -0.2) is 14.5 Å². The fraction of sp³-hybridized carbons (Fsp3) is 0.571. The van der Waals surface area contributed by atoms with Crippen LogP contribution in [0.15, 0.2) is 23.1 Å². The average Bonchev–Trinajstić information content (AvgIpc) is 2.98. The Hall–Kier alpha value is -1.28. The van der Waals surface area contributed by atoms with Crippen molar-refractivity contribution >= 4 is 15.7 Å². The minimum Gasteiger partial charge on any atom is -0.382 e. The summed E-state index contributed by atoms with van der Waals surface area (Å²) in [6.07, 6.45) is -0.388. The SMILES string of the molecule is NS(=O)(=O)c1ccc(NC2CC3CCC2C3)cc1C(F)(F)F. The Morgan fingerprint density at radius 2 is 1.91 bits per heavy atom. The Bertz CT molecular complexity index is 688. The third-order valence-corrected chi connectivity index (χ3v) is 5.65. The van der Waals surface area contributed by atoms with Crippen molar-refractivity contribution in [2.75, 3.05) is 5.32 Å². The molecule has 0 aliphatic heterocycles. The van der Waals surface area contributed by atoms with Gasteiger partial charge < -0.3 is 5.32 Å². The maximum atomic E-state index is 13.1. The van der Waals surface area contributed by atoms with Crippen molar-refractivity contribution < 1.29 is 21.6 Å². The third kappa shape index (κ3) is 2.94. The zero-order valence-corrected chi connectivity index (χ0v) is 12.5. The molecule has 3 rings (SSSR count). The van der Waals surface area contributed by atoms with Gasteiger partial charge in [0.15, 0.2) is 0 Å². The summed E-state index contributed by atoms with van der Waals surface area (Å²) >= 11 is 0. The van der Waals surface area contributed by atoms with Gasteiger partial charge in [0.2, 0.25) is 10.0 Å². The summed E-state index contributed by atoms with van der Waals surface area (Å²) in [7, 11) is -4.42. The molecule has 3 atom stereocenters. The van der Waals surface area contributed by atoms with Crippen molar-refractivity contribution in [1.82, 2.24) is 0 Å². The summed E-state index contributed by atoms with van der Waals surface area (Å²) in [6, 6.07) is 3.28. The summed E-state index contributed by atoms with van der Waals surface area (Å²) in [5, 5.41) is 8.00. The number of hydrogen-bond donors (Lipinski definition) is 2. The summed E-state index contributed by atoms with van der Waals surface area (Å²) in [5.74, 6) is 1.16. The number of sulfonamides is 1. The smallest absolute Gasteiger partial charge is 0.382 e. The molecule has 0 spiro atoms. The lowest BCUT2D eigenvalue weighted by molar-refractivity contribution is -0.139. The molecule has 8 heteroatoms. The third-order valence-electron chi connectivity index (χ3n) is 4.68. The maximum Gasteiger partial charge on any atom is 0.417 e. The van der Waals surface area contributed by atoms with Crippen LogP contribution >= 0.6 is 0 Å². The maximum absolute atomic E-state index is 13.1. The molecule has 122 valence electrons. The first-order valence-corrected chi connectivity index (χ1v) is 8.70. The Labute approximate surface area is 126 Å². The zero-order chi connectivity index (χ0) is 16.1. The van der Waals surface area contributed by atoms with Crippen LogP contribution in [-0.2, 0) is 16.2 Å². The van der Waals surface area contributed by atoms with Crippen molar-refractivity contribution in [3.05, 3.63) is 23.8 Å². The number of halogens is 3. The second-order valence-corrected chi connectivity index (χ2v) is 7.71. The summed E-state index contributed by atoms with van der Waals surface area (Å²) in [4.78, 5) is -0.890. The fourth-order valence-corrected chi connectivity index (χ4v) is 4.46. The Morgan fingerprint density at radius 3 is 2.41 bits per heavy atom. The van der Waals surface area contributed by atoms with Gasteiger partial charge in [0.05, 0.1) is 10.5 Å². The Morgan fingerprint density at radius 1 is 1.18 bits per heavy atom. The highest BCUT2D eigenvalue weighted by Crippen LogP contribution is 2.46. The van der Waals surface area contributed by atoms with Crippen LogP contribution in [0.3, 0.4) is 0 Å². The second kappa shape index (κ2) is 5.13. The van der Waals surface area contributed by atoms with Gasteiger partial charge in [-0.1, -0.05) is 6.42 Å². The van der Waals surface area contributed by atoms with E-state index in [0.29, 0.717) is 11.8 Å². The van der Waals surface area contributed by atoms with E-state index in [2.05, 4.69) is 5.32 Å². The lowest BCUT2D eigenvalue weighted by Gasteiger charge is -2.24. The Balaban J connectivity index is 1.90. The largest absolute Gasteiger partial charge is 0.417 e. The molecule has 2 aliphatic rings. The number of nitrogens with one attached hydrogen (secondary N) is 1. The van der Waals surface area contributed by atoms with E-state index in [1.54, 1.807) is 0 Å².